The van der Waals surface area contributed by atoms with Gasteiger partial charge in [-0.15, -0.1) is 0 Å². The minimum Gasteiger partial charge on any atom is -0.497 e. The van der Waals surface area contributed by atoms with E-state index < -0.39 is 0 Å². The van der Waals surface area contributed by atoms with Crippen molar-refractivity contribution in [3.63, 3.8) is 0 Å². The third-order valence-corrected chi connectivity index (χ3v) is 5.20. The van der Waals surface area contributed by atoms with Crippen LogP contribution in [0.15, 0.2) is 85.5 Å². The molecule has 0 amide bonds. The van der Waals surface area contributed by atoms with Gasteiger partial charge in [-0.2, -0.15) is 0 Å². The van der Waals surface area contributed by atoms with Crippen LogP contribution in [0.25, 0.3) is 0 Å². The van der Waals surface area contributed by atoms with Crippen LogP contribution in [0.5, 0.6) is 11.5 Å². The van der Waals surface area contributed by atoms with Crippen molar-refractivity contribution >= 4 is 23.0 Å². The molecule has 0 aliphatic carbocycles. The smallest absolute Gasteiger partial charge is 0.330 e. The molecule has 0 spiro atoms. The van der Waals surface area contributed by atoms with Crippen molar-refractivity contribution < 1.29 is 19.0 Å². The summed E-state index contributed by atoms with van der Waals surface area (Å²) in [4.78, 5) is 13.3. The lowest BCUT2D eigenvalue weighted by Gasteiger charge is -2.26. The van der Waals surface area contributed by atoms with E-state index in [4.69, 9.17) is 14.2 Å². The molecule has 0 atom stereocenters. The molecule has 0 aliphatic rings. The van der Waals surface area contributed by atoms with Gasteiger partial charge in [0.2, 0.25) is 0 Å². The van der Waals surface area contributed by atoms with E-state index in [1.807, 2.05) is 43.3 Å². The largest absolute Gasteiger partial charge is 0.497 e. The number of anilines is 3. The molecule has 0 aromatic heterocycles. The Bertz CT molecular complexity index is 1010. The molecular weight excluding hydrogens is 414 g/mol. The van der Waals surface area contributed by atoms with Crippen LogP contribution < -0.4 is 14.4 Å². The first-order valence-electron chi connectivity index (χ1n) is 11.2. The van der Waals surface area contributed by atoms with E-state index in [1.165, 1.54) is 11.6 Å². The normalized spacial score (nSPS) is 10.4. The lowest BCUT2D eigenvalue weighted by molar-refractivity contribution is -0.137. The highest BCUT2D eigenvalue weighted by molar-refractivity contribution is 5.81. The van der Waals surface area contributed by atoms with E-state index in [9.17, 15) is 4.79 Å². The standard InChI is InChI=1S/C28H31NO4/c1-4-28(30)33-21-7-6-8-22-9-11-23(12-10-22)29(24-13-17-26(31-3)18-14-24)25-15-19-27(20-16-25)32-5-2/h4,9-20H,1,5-8,21H2,2-3H3. The average Bonchev–Trinajstić information content (AvgIpc) is 2.86. The van der Waals surface area contributed by atoms with Crippen LogP contribution >= 0.6 is 0 Å². The van der Waals surface area contributed by atoms with Gasteiger partial charge in [0.1, 0.15) is 11.5 Å². The number of unbranched alkanes of at least 4 members (excludes halogenated alkanes) is 1. The zero-order chi connectivity index (χ0) is 23.5. The number of nitrogens with zero attached hydrogens (tertiary/aromatic N) is 1. The monoisotopic (exact) mass is 445 g/mol. The average molecular weight is 446 g/mol. The zero-order valence-corrected chi connectivity index (χ0v) is 19.3. The fourth-order valence-electron chi connectivity index (χ4n) is 3.51. The number of carbonyl (C=O) groups excluding carboxylic acids is 1. The number of methoxy groups -OCH3 is 1. The number of hydrogen-bond donors (Lipinski definition) is 0. The molecular formula is C28H31NO4. The van der Waals surface area contributed by atoms with E-state index >= 15 is 0 Å². The molecule has 3 aromatic carbocycles. The lowest BCUT2D eigenvalue weighted by Crippen LogP contribution is -2.10. The Morgan fingerprint density at radius 2 is 1.39 bits per heavy atom. The van der Waals surface area contributed by atoms with E-state index in [1.54, 1.807) is 7.11 Å². The summed E-state index contributed by atoms with van der Waals surface area (Å²) in [5.41, 5.74) is 4.39. The van der Waals surface area contributed by atoms with Gasteiger partial charge < -0.3 is 19.1 Å². The van der Waals surface area contributed by atoms with Gasteiger partial charge in [-0.05, 0) is 92.4 Å². The van der Waals surface area contributed by atoms with Crippen LogP contribution in [-0.2, 0) is 16.0 Å². The van der Waals surface area contributed by atoms with Crippen molar-refractivity contribution in [3.8, 4) is 11.5 Å². The van der Waals surface area contributed by atoms with Gasteiger partial charge in [-0.25, -0.2) is 4.79 Å². The van der Waals surface area contributed by atoms with Crippen molar-refractivity contribution in [1.82, 2.24) is 0 Å². The molecule has 0 bridgehead atoms. The van der Waals surface area contributed by atoms with Gasteiger partial charge in [-0.1, -0.05) is 18.7 Å². The van der Waals surface area contributed by atoms with Crippen molar-refractivity contribution in [2.75, 3.05) is 25.2 Å². The summed E-state index contributed by atoms with van der Waals surface area (Å²) in [6, 6.07) is 24.7. The van der Waals surface area contributed by atoms with Crippen LogP contribution in [-0.4, -0.2) is 26.3 Å². The second-order valence-corrected chi connectivity index (χ2v) is 7.46. The number of carbonyl (C=O) groups is 1. The second kappa shape index (κ2) is 12.3. The summed E-state index contributed by atoms with van der Waals surface area (Å²) in [7, 11) is 1.67. The van der Waals surface area contributed by atoms with Crippen molar-refractivity contribution in [2.45, 2.75) is 26.2 Å². The summed E-state index contributed by atoms with van der Waals surface area (Å²) >= 11 is 0. The lowest BCUT2D eigenvalue weighted by atomic mass is 10.1. The van der Waals surface area contributed by atoms with Gasteiger partial charge in [0.05, 0.1) is 20.3 Å². The molecule has 5 heteroatoms. The highest BCUT2D eigenvalue weighted by Crippen LogP contribution is 2.36. The quantitative estimate of drug-likeness (QED) is 0.178. The van der Waals surface area contributed by atoms with Gasteiger partial charge in [0, 0.05) is 23.1 Å². The van der Waals surface area contributed by atoms with Crippen LogP contribution in [0.3, 0.4) is 0 Å². The Labute approximate surface area is 196 Å². The third kappa shape index (κ3) is 6.88. The van der Waals surface area contributed by atoms with E-state index in [0.717, 1.165) is 47.8 Å². The zero-order valence-electron chi connectivity index (χ0n) is 19.3. The molecule has 0 aliphatic heterocycles. The Hall–Kier alpha value is -3.73. The Morgan fingerprint density at radius 1 is 0.848 bits per heavy atom. The van der Waals surface area contributed by atoms with Gasteiger partial charge in [0.25, 0.3) is 0 Å². The maximum atomic E-state index is 11.1. The van der Waals surface area contributed by atoms with Gasteiger partial charge in [-0.3, -0.25) is 0 Å². The minimum atomic E-state index is -0.368. The first-order chi connectivity index (χ1) is 16.1. The SMILES string of the molecule is C=CC(=O)OCCCCc1ccc(N(c2ccc(OC)cc2)c2ccc(OCC)cc2)cc1. The number of ether oxygens (including phenoxy) is 3. The van der Waals surface area contributed by atoms with E-state index in [0.29, 0.717) is 13.2 Å². The molecule has 3 aromatic rings. The van der Waals surface area contributed by atoms with Crippen molar-refractivity contribution in [2.24, 2.45) is 0 Å². The maximum Gasteiger partial charge on any atom is 0.330 e. The molecule has 3 rings (SSSR count). The fourth-order valence-corrected chi connectivity index (χ4v) is 3.51. The van der Waals surface area contributed by atoms with E-state index in [2.05, 4.69) is 47.9 Å². The summed E-state index contributed by atoms with van der Waals surface area (Å²) in [5, 5.41) is 0. The van der Waals surface area contributed by atoms with Gasteiger partial charge >= 0.3 is 5.97 Å². The Balaban J connectivity index is 1.75. The van der Waals surface area contributed by atoms with Crippen molar-refractivity contribution in [1.29, 1.82) is 0 Å². The second-order valence-electron chi connectivity index (χ2n) is 7.46. The van der Waals surface area contributed by atoms with Crippen LogP contribution in [0.1, 0.15) is 25.3 Å². The molecule has 0 saturated heterocycles. The molecule has 0 unspecified atom stereocenters. The first kappa shape index (κ1) is 23.9. The topological polar surface area (TPSA) is 48.0 Å². The van der Waals surface area contributed by atoms with Crippen molar-refractivity contribution in [3.05, 3.63) is 91.0 Å². The fraction of sp³-hybridized carbons (Fsp3) is 0.250. The van der Waals surface area contributed by atoms with Crippen LogP contribution in [0, 0.1) is 0 Å². The minimum absolute atomic E-state index is 0.368. The number of hydrogen-bond acceptors (Lipinski definition) is 5. The Morgan fingerprint density at radius 3 is 1.91 bits per heavy atom. The number of rotatable bonds is 12. The number of esters is 1. The van der Waals surface area contributed by atoms with Crippen LogP contribution in [0.4, 0.5) is 17.1 Å². The number of aryl methyl sites for hydroxylation is 1. The Kier molecular flexibility index (Phi) is 8.95. The molecule has 0 saturated carbocycles. The highest BCUT2D eigenvalue weighted by atomic mass is 16.5. The molecule has 0 N–H and O–H groups in total. The predicted octanol–water partition coefficient (Wildman–Crippen LogP) is 6.62. The van der Waals surface area contributed by atoms with E-state index in [-0.39, 0.29) is 5.97 Å². The highest BCUT2D eigenvalue weighted by Gasteiger charge is 2.13. The molecule has 0 radical (unpaired) electrons. The summed E-state index contributed by atoms with van der Waals surface area (Å²) in [6.07, 6.45) is 3.89. The first-order valence-corrected chi connectivity index (χ1v) is 11.2. The molecule has 5 nitrogen and oxygen atoms in total. The van der Waals surface area contributed by atoms with Gasteiger partial charge in [0.15, 0.2) is 0 Å². The molecule has 0 fully saturated rings. The third-order valence-electron chi connectivity index (χ3n) is 5.20. The predicted molar refractivity (Wildman–Crippen MR) is 133 cm³/mol. The maximum absolute atomic E-state index is 11.1. The van der Waals surface area contributed by atoms with Crippen LogP contribution in [0.2, 0.25) is 0 Å². The number of benzene rings is 3. The molecule has 0 heterocycles. The summed E-state index contributed by atoms with van der Waals surface area (Å²) < 4.78 is 16.0. The molecule has 172 valence electrons. The summed E-state index contributed by atoms with van der Waals surface area (Å²) in [5.74, 6) is 1.30. The summed E-state index contributed by atoms with van der Waals surface area (Å²) in [6.45, 7) is 6.44. The molecule has 33 heavy (non-hydrogen) atoms.